The van der Waals surface area contributed by atoms with Crippen molar-refractivity contribution in [2.75, 3.05) is 7.11 Å². The van der Waals surface area contributed by atoms with Crippen molar-refractivity contribution in [2.24, 2.45) is 0 Å². The van der Waals surface area contributed by atoms with Gasteiger partial charge in [0.1, 0.15) is 5.75 Å². The third-order valence-electron chi connectivity index (χ3n) is 4.51. The second kappa shape index (κ2) is 6.40. The molecular formula is C23H19NO. The largest absolute Gasteiger partial charge is 0.497 e. The molecule has 4 aromatic rings. The van der Waals surface area contributed by atoms with Crippen LogP contribution in [0.15, 0.2) is 78.9 Å². The van der Waals surface area contributed by atoms with E-state index in [0.29, 0.717) is 0 Å². The number of ether oxygens (including phenoxy) is 1. The Labute approximate surface area is 147 Å². The molecule has 0 aliphatic carbocycles. The van der Waals surface area contributed by atoms with Crippen molar-refractivity contribution in [1.82, 2.24) is 4.98 Å². The number of hydrogen-bond acceptors (Lipinski definition) is 2. The number of aromatic nitrogens is 1. The van der Waals surface area contributed by atoms with Crippen LogP contribution in [0.4, 0.5) is 0 Å². The molecule has 0 aliphatic heterocycles. The number of methoxy groups -OCH3 is 1. The van der Waals surface area contributed by atoms with E-state index < -0.39 is 0 Å². The van der Waals surface area contributed by atoms with Gasteiger partial charge in [0.05, 0.1) is 12.8 Å². The first kappa shape index (κ1) is 15.4. The first-order valence-electron chi connectivity index (χ1n) is 8.37. The monoisotopic (exact) mass is 325 g/mol. The smallest absolute Gasteiger partial charge is 0.119 e. The molecule has 122 valence electrons. The average Bonchev–Trinajstić information content (AvgIpc) is 2.68. The molecule has 0 atom stereocenters. The zero-order valence-corrected chi connectivity index (χ0v) is 14.4. The Bertz CT molecular complexity index is 1020. The van der Waals surface area contributed by atoms with Crippen molar-refractivity contribution in [3.63, 3.8) is 0 Å². The number of fused-ring (bicyclic) bond motifs is 1. The van der Waals surface area contributed by atoms with Gasteiger partial charge in [0.15, 0.2) is 0 Å². The van der Waals surface area contributed by atoms with Crippen molar-refractivity contribution in [3.8, 4) is 28.1 Å². The van der Waals surface area contributed by atoms with Crippen molar-refractivity contribution in [1.29, 1.82) is 0 Å². The lowest BCUT2D eigenvalue weighted by atomic mass is 9.93. The van der Waals surface area contributed by atoms with E-state index in [0.717, 1.165) is 44.6 Å². The minimum absolute atomic E-state index is 0.856. The van der Waals surface area contributed by atoms with E-state index in [1.165, 1.54) is 0 Å². The van der Waals surface area contributed by atoms with Gasteiger partial charge in [-0.15, -0.1) is 0 Å². The number of pyridine rings is 1. The lowest BCUT2D eigenvalue weighted by Crippen LogP contribution is -1.96. The molecule has 0 aliphatic rings. The molecule has 2 heteroatoms. The number of aryl methyl sites for hydroxylation is 1. The van der Waals surface area contributed by atoms with E-state index in [1.807, 2.05) is 18.2 Å². The normalized spacial score (nSPS) is 10.8. The molecule has 0 amide bonds. The molecule has 0 unspecified atom stereocenters. The Kier molecular flexibility index (Phi) is 3.95. The van der Waals surface area contributed by atoms with Gasteiger partial charge in [-0.1, -0.05) is 60.7 Å². The van der Waals surface area contributed by atoms with Crippen LogP contribution in [0, 0.1) is 6.92 Å². The summed E-state index contributed by atoms with van der Waals surface area (Å²) in [5, 5.41) is 2.32. The summed E-state index contributed by atoms with van der Waals surface area (Å²) < 4.78 is 5.48. The van der Waals surface area contributed by atoms with Crippen LogP contribution in [0.2, 0.25) is 0 Å². The van der Waals surface area contributed by atoms with Crippen molar-refractivity contribution in [2.45, 2.75) is 6.92 Å². The summed E-state index contributed by atoms with van der Waals surface area (Å²) in [6.45, 7) is 2.07. The molecule has 0 N–H and O–H groups in total. The Morgan fingerprint density at radius 3 is 2.00 bits per heavy atom. The average molecular weight is 325 g/mol. The van der Waals surface area contributed by atoms with Gasteiger partial charge in [-0.3, -0.25) is 4.98 Å². The number of hydrogen-bond donors (Lipinski definition) is 0. The van der Waals surface area contributed by atoms with Crippen LogP contribution in [0.5, 0.6) is 5.75 Å². The molecule has 1 heterocycles. The van der Waals surface area contributed by atoms with E-state index in [9.17, 15) is 0 Å². The van der Waals surface area contributed by atoms with Crippen molar-refractivity contribution >= 4 is 10.8 Å². The van der Waals surface area contributed by atoms with Gasteiger partial charge in [0.25, 0.3) is 0 Å². The Morgan fingerprint density at radius 2 is 1.36 bits per heavy atom. The van der Waals surface area contributed by atoms with E-state index >= 15 is 0 Å². The quantitative estimate of drug-likeness (QED) is 0.469. The highest BCUT2D eigenvalue weighted by molar-refractivity contribution is 6.04. The number of rotatable bonds is 3. The molecule has 0 bridgehead atoms. The Balaban J connectivity index is 2.14. The highest BCUT2D eigenvalue weighted by Gasteiger charge is 2.16. The lowest BCUT2D eigenvalue weighted by molar-refractivity contribution is 0.415. The maximum Gasteiger partial charge on any atom is 0.119 e. The maximum atomic E-state index is 5.48. The molecule has 0 fully saturated rings. The predicted octanol–water partition coefficient (Wildman–Crippen LogP) is 5.89. The molecule has 0 saturated carbocycles. The zero-order chi connectivity index (χ0) is 17.2. The lowest BCUT2D eigenvalue weighted by Gasteiger charge is -2.16. The van der Waals surface area contributed by atoms with Crippen LogP contribution < -0.4 is 4.74 Å². The SMILES string of the molecule is COc1ccc2c(C)nc(-c3ccccc3)c(-c3ccccc3)c2c1. The van der Waals surface area contributed by atoms with Crippen LogP contribution in [0.25, 0.3) is 33.2 Å². The van der Waals surface area contributed by atoms with Gasteiger partial charge in [0.2, 0.25) is 0 Å². The third-order valence-corrected chi connectivity index (χ3v) is 4.51. The van der Waals surface area contributed by atoms with Crippen LogP contribution in [-0.4, -0.2) is 12.1 Å². The Hall–Kier alpha value is -3.13. The van der Waals surface area contributed by atoms with Crippen molar-refractivity contribution < 1.29 is 4.74 Å². The van der Waals surface area contributed by atoms with Crippen LogP contribution in [0.1, 0.15) is 5.69 Å². The molecule has 4 rings (SSSR count). The number of benzene rings is 3. The van der Waals surface area contributed by atoms with Crippen LogP contribution in [0.3, 0.4) is 0 Å². The molecule has 0 radical (unpaired) electrons. The van der Waals surface area contributed by atoms with Crippen LogP contribution in [-0.2, 0) is 0 Å². The fraction of sp³-hybridized carbons (Fsp3) is 0.0870. The van der Waals surface area contributed by atoms with Gasteiger partial charge >= 0.3 is 0 Å². The molecule has 0 spiro atoms. The van der Waals surface area contributed by atoms with Gasteiger partial charge in [-0.2, -0.15) is 0 Å². The first-order valence-corrected chi connectivity index (χ1v) is 8.37. The highest BCUT2D eigenvalue weighted by Crippen LogP contribution is 2.39. The second-order valence-electron chi connectivity index (χ2n) is 6.06. The Morgan fingerprint density at radius 1 is 0.720 bits per heavy atom. The fourth-order valence-corrected chi connectivity index (χ4v) is 3.29. The minimum Gasteiger partial charge on any atom is -0.497 e. The van der Waals surface area contributed by atoms with E-state index in [2.05, 4.69) is 67.6 Å². The van der Waals surface area contributed by atoms with Gasteiger partial charge in [-0.05, 0) is 36.1 Å². The maximum absolute atomic E-state index is 5.48. The molecule has 3 aromatic carbocycles. The summed E-state index contributed by atoms with van der Waals surface area (Å²) in [6, 6.07) is 27.0. The predicted molar refractivity (Wildman–Crippen MR) is 104 cm³/mol. The topological polar surface area (TPSA) is 22.1 Å². The summed E-state index contributed by atoms with van der Waals surface area (Å²) in [4.78, 5) is 4.96. The molecular weight excluding hydrogens is 306 g/mol. The zero-order valence-electron chi connectivity index (χ0n) is 14.4. The summed E-state index contributed by atoms with van der Waals surface area (Å²) in [7, 11) is 1.70. The second-order valence-corrected chi connectivity index (χ2v) is 6.06. The van der Waals surface area contributed by atoms with Gasteiger partial charge in [-0.25, -0.2) is 0 Å². The fourth-order valence-electron chi connectivity index (χ4n) is 3.29. The van der Waals surface area contributed by atoms with Gasteiger partial charge < -0.3 is 4.74 Å². The summed E-state index contributed by atoms with van der Waals surface area (Å²) >= 11 is 0. The number of nitrogens with zero attached hydrogens (tertiary/aromatic N) is 1. The molecule has 25 heavy (non-hydrogen) atoms. The minimum atomic E-state index is 0.856. The van der Waals surface area contributed by atoms with E-state index in [1.54, 1.807) is 7.11 Å². The third kappa shape index (κ3) is 2.76. The summed E-state index contributed by atoms with van der Waals surface area (Å²) in [6.07, 6.45) is 0. The van der Waals surface area contributed by atoms with Crippen LogP contribution >= 0.6 is 0 Å². The summed E-state index contributed by atoms with van der Waals surface area (Å²) in [5.74, 6) is 0.856. The van der Waals surface area contributed by atoms with Crippen molar-refractivity contribution in [3.05, 3.63) is 84.6 Å². The molecule has 1 aromatic heterocycles. The molecule has 2 nitrogen and oxygen atoms in total. The summed E-state index contributed by atoms with van der Waals surface area (Å²) in [5.41, 5.74) is 5.45. The van der Waals surface area contributed by atoms with E-state index in [4.69, 9.17) is 9.72 Å². The molecule has 0 saturated heterocycles. The van der Waals surface area contributed by atoms with E-state index in [-0.39, 0.29) is 0 Å². The first-order chi connectivity index (χ1) is 12.3. The van der Waals surface area contributed by atoms with Gasteiger partial charge in [0, 0.05) is 22.2 Å². The standard InChI is InChI=1S/C23H19NO/c1-16-20-14-13-19(25-2)15-21(20)22(17-9-5-3-6-10-17)23(24-16)18-11-7-4-8-12-18/h3-15H,1-2H3. The highest BCUT2D eigenvalue weighted by atomic mass is 16.5.